The fraction of sp³-hybridized carbons (Fsp3) is 0.536. The van der Waals surface area contributed by atoms with E-state index in [2.05, 4.69) is 61.0 Å². The molecule has 0 N–H and O–H groups in total. The summed E-state index contributed by atoms with van der Waals surface area (Å²) in [5.74, 6) is 1.62. The number of rotatable bonds is 8. The molecule has 0 saturated carbocycles. The molecular weight excluding hydrogens is 408 g/mol. The molecule has 1 saturated heterocycles. The van der Waals surface area contributed by atoms with E-state index in [0.717, 1.165) is 50.3 Å². The summed E-state index contributed by atoms with van der Waals surface area (Å²) >= 11 is 0. The highest BCUT2D eigenvalue weighted by Gasteiger charge is 2.47. The molecule has 1 aromatic heterocycles. The van der Waals surface area contributed by atoms with Crippen LogP contribution in [0.15, 0.2) is 53.8 Å². The fourth-order valence-electron chi connectivity index (χ4n) is 5.49. The number of aliphatic imine (C=N–C) groups is 1. The molecule has 4 rings (SSSR count). The van der Waals surface area contributed by atoms with Crippen molar-refractivity contribution in [3.05, 3.63) is 65.5 Å². The van der Waals surface area contributed by atoms with Crippen LogP contribution in [0.25, 0.3) is 0 Å². The van der Waals surface area contributed by atoms with Gasteiger partial charge in [-0.25, -0.2) is 0 Å². The number of hydrogen-bond acceptors (Lipinski definition) is 4. The van der Waals surface area contributed by atoms with Gasteiger partial charge in [-0.05, 0) is 82.7 Å². The molecule has 1 aromatic carbocycles. The standard InChI is InChI=1S/C28H38N4O/c1-5-15-28(26-10-8-21(2)9-11-26)27(33)32(23(4)30-28)19-12-22(3)31-17-13-24(14-18-31)25-7-6-16-29-20-25/h6-11,16,20,22,24H,5,12-15,17-19H2,1-4H3. The number of hydrogen-bond donors (Lipinski definition) is 0. The Balaban J connectivity index is 1.37. The van der Waals surface area contributed by atoms with Gasteiger partial charge in [0.1, 0.15) is 5.84 Å². The van der Waals surface area contributed by atoms with Gasteiger partial charge in [-0.15, -0.1) is 0 Å². The average molecular weight is 447 g/mol. The fourth-order valence-corrected chi connectivity index (χ4v) is 5.49. The van der Waals surface area contributed by atoms with E-state index in [0.29, 0.717) is 12.0 Å². The summed E-state index contributed by atoms with van der Waals surface area (Å²) < 4.78 is 0. The first kappa shape index (κ1) is 23.6. The largest absolute Gasteiger partial charge is 0.301 e. The van der Waals surface area contributed by atoms with Crippen molar-refractivity contribution in [1.82, 2.24) is 14.8 Å². The summed E-state index contributed by atoms with van der Waals surface area (Å²) in [6.07, 6.45) is 8.85. The van der Waals surface area contributed by atoms with Gasteiger partial charge in [0.2, 0.25) is 0 Å². The number of pyridine rings is 1. The number of aryl methyl sites for hydroxylation is 1. The predicted octanol–water partition coefficient (Wildman–Crippen LogP) is 5.30. The zero-order valence-electron chi connectivity index (χ0n) is 20.6. The summed E-state index contributed by atoms with van der Waals surface area (Å²) in [7, 11) is 0. The van der Waals surface area contributed by atoms with Gasteiger partial charge in [0, 0.05) is 25.0 Å². The van der Waals surface area contributed by atoms with Gasteiger partial charge in [0.05, 0.1) is 0 Å². The second-order valence-electron chi connectivity index (χ2n) is 9.83. The lowest BCUT2D eigenvalue weighted by Crippen LogP contribution is -2.44. The maximum Gasteiger partial charge on any atom is 0.260 e. The van der Waals surface area contributed by atoms with Crippen molar-refractivity contribution >= 4 is 11.7 Å². The van der Waals surface area contributed by atoms with Crippen molar-refractivity contribution in [1.29, 1.82) is 0 Å². The predicted molar refractivity (Wildman–Crippen MR) is 134 cm³/mol. The molecule has 0 radical (unpaired) electrons. The van der Waals surface area contributed by atoms with E-state index >= 15 is 0 Å². The first-order valence-corrected chi connectivity index (χ1v) is 12.5. The summed E-state index contributed by atoms with van der Waals surface area (Å²) in [5, 5.41) is 0. The maximum absolute atomic E-state index is 13.7. The number of carbonyl (C=O) groups excluding carboxylic acids is 1. The Morgan fingerprint density at radius 2 is 1.85 bits per heavy atom. The zero-order valence-corrected chi connectivity index (χ0v) is 20.6. The smallest absolute Gasteiger partial charge is 0.260 e. The van der Waals surface area contributed by atoms with Crippen molar-refractivity contribution in [2.75, 3.05) is 19.6 Å². The SMILES string of the molecule is CCCC1(c2ccc(C)cc2)N=C(C)N(CCC(C)N2CCC(c3cccnc3)CC2)C1=O. The second kappa shape index (κ2) is 10.2. The third-order valence-electron chi connectivity index (χ3n) is 7.56. The van der Waals surface area contributed by atoms with Crippen LogP contribution in [0.2, 0.25) is 0 Å². The molecule has 1 amide bonds. The van der Waals surface area contributed by atoms with Gasteiger partial charge in [0.15, 0.2) is 5.54 Å². The van der Waals surface area contributed by atoms with E-state index in [4.69, 9.17) is 4.99 Å². The Bertz CT molecular complexity index is 963. The number of aromatic nitrogens is 1. The third kappa shape index (κ3) is 4.89. The Hall–Kier alpha value is -2.53. The van der Waals surface area contributed by atoms with E-state index in [1.165, 1.54) is 24.0 Å². The number of likely N-dealkylation sites (tertiary alicyclic amines) is 1. The van der Waals surface area contributed by atoms with Gasteiger partial charge < -0.3 is 4.90 Å². The van der Waals surface area contributed by atoms with Crippen LogP contribution >= 0.6 is 0 Å². The van der Waals surface area contributed by atoms with Crippen LogP contribution in [-0.2, 0) is 10.3 Å². The highest BCUT2D eigenvalue weighted by Crippen LogP contribution is 2.38. The summed E-state index contributed by atoms with van der Waals surface area (Å²) in [6, 6.07) is 13.0. The maximum atomic E-state index is 13.7. The molecule has 0 aliphatic carbocycles. The molecule has 2 aromatic rings. The molecule has 176 valence electrons. The van der Waals surface area contributed by atoms with Gasteiger partial charge in [-0.2, -0.15) is 0 Å². The van der Waals surface area contributed by atoms with Gasteiger partial charge in [-0.3, -0.25) is 19.7 Å². The molecular formula is C28H38N4O. The Labute approximate surface area is 198 Å². The van der Waals surface area contributed by atoms with Crippen LogP contribution in [0.4, 0.5) is 0 Å². The highest BCUT2D eigenvalue weighted by molar-refractivity contribution is 6.07. The molecule has 2 aliphatic rings. The number of amides is 1. The molecule has 5 heteroatoms. The lowest BCUT2D eigenvalue weighted by atomic mass is 9.85. The number of amidine groups is 1. The molecule has 2 atom stereocenters. The lowest BCUT2D eigenvalue weighted by Gasteiger charge is -2.37. The molecule has 1 fully saturated rings. The van der Waals surface area contributed by atoms with E-state index in [-0.39, 0.29) is 5.91 Å². The lowest BCUT2D eigenvalue weighted by molar-refractivity contribution is -0.132. The molecule has 3 heterocycles. The molecule has 33 heavy (non-hydrogen) atoms. The molecule has 2 aliphatic heterocycles. The topological polar surface area (TPSA) is 48.8 Å². The van der Waals surface area contributed by atoms with Crippen LogP contribution in [0.3, 0.4) is 0 Å². The van der Waals surface area contributed by atoms with E-state index < -0.39 is 5.54 Å². The first-order valence-electron chi connectivity index (χ1n) is 12.5. The summed E-state index contributed by atoms with van der Waals surface area (Å²) in [5.41, 5.74) is 2.84. The number of piperidine rings is 1. The quantitative estimate of drug-likeness (QED) is 0.552. The number of nitrogens with zero attached hydrogens (tertiary/aromatic N) is 4. The van der Waals surface area contributed by atoms with Crippen molar-refractivity contribution in [3.63, 3.8) is 0 Å². The average Bonchev–Trinajstić information content (AvgIpc) is 3.08. The Kier molecular flexibility index (Phi) is 7.28. The molecule has 5 nitrogen and oxygen atoms in total. The third-order valence-corrected chi connectivity index (χ3v) is 7.56. The van der Waals surface area contributed by atoms with Gasteiger partial charge in [0.25, 0.3) is 5.91 Å². The van der Waals surface area contributed by atoms with Crippen LogP contribution < -0.4 is 0 Å². The van der Waals surface area contributed by atoms with Gasteiger partial charge in [-0.1, -0.05) is 49.2 Å². The molecule has 0 spiro atoms. The van der Waals surface area contributed by atoms with Gasteiger partial charge >= 0.3 is 0 Å². The Morgan fingerprint density at radius 3 is 2.48 bits per heavy atom. The monoisotopic (exact) mass is 446 g/mol. The zero-order chi connectivity index (χ0) is 23.4. The van der Waals surface area contributed by atoms with Crippen molar-refractivity contribution in [3.8, 4) is 0 Å². The van der Waals surface area contributed by atoms with Crippen molar-refractivity contribution < 1.29 is 4.79 Å². The van der Waals surface area contributed by atoms with Crippen LogP contribution in [-0.4, -0.2) is 52.2 Å². The second-order valence-corrected chi connectivity index (χ2v) is 9.83. The van der Waals surface area contributed by atoms with Crippen LogP contribution in [0.5, 0.6) is 0 Å². The minimum absolute atomic E-state index is 0.146. The van der Waals surface area contributed by atoms with Crippen LogP contribution in [0, 0.1) is 6.92 Å². The molecule has 0 bridgehead atoms. The highest BCUT2D eigenvalue weighted by atomic mass is 16.2. The Morgan fingerprint density at radius 1 is 1.12 bits per heavy atom. The van der Waals surface area contributed by atoms with E-state index in [1.807, 2.05) is 30.3 Å². The normalized spacial score (nSPS) is 23.1. The number of carbonyl (C=O) groups is 1. The summed E-state index contributed by atoms with van der Waals surface area (Å²) in [6.45, 7) is 11.4. The minimum atomic E-state index is -0.752. The van der Waals surface area contributed by atoms with E-state index in [9.17, 15) is 4.79 Å². The van der Waals surface area contributed by atoms with E-state index in [1.54, 1.807) is 0 Å². The molecule has 2 unspecified atom stereocenters. The minimum Gasteiger partial charge on any atom is -0.301 e. The summed E-state index contributed by atoms with van der Waals surface area (Å²) in [4.78, 5) is 27.5. The number of benzene rings is 1. The van der Waals surface area contributed by atoms with Crippen molar-refractivity contribution in [2.45, 2.75) is 77.3 Å². The van der Waals surface area contributed by atoms with Crippen LogP contribution in [0.1, 0.15) is 75.5 Å². The first-order chi connectivity index (χ1) is 15.9. The van der Waals surface area contributed by atoms with Crippen molar-refractivity contribution in [2.24, 2.45) is 4.99 Å².